The molecule has 1 aromatic carbocycles. The molecule has 120 valence electrons. The fourth-order valence-electron chi connectivity index (χ4n) is 1.99. The van der Waals surface area contributed by atoms with Crippen LogP contribution in [0.3, 0.4) is 0 Å². The Morgan fingerprint density at radius 1 is 1.24 bits per heavy atom. The van der Waals surface area contributed by atoms with E-state index in [1.807, 2.05) is 32.4 Å². The van der Waals surface area contributed by atoms with Gasteiger partial charge in [0.1, 0.15) is 0 Å². The number of hydrogen-bond donors (Lipinski definition) is 2. The van der Waals surface area contributed by atoms with Gasteiger partial charge < -0.3 is 5.32 Å². The first-order valence-electron chi connectivity index (χ1n) is 7.24. The van der Waals surface area contributed by atoms with Crippen molar-refractivity contribution in [2.45, 2.75) is 37.1 Å². The van der Waals surface area contributed by atoms with Crippen LogP contribution in [0.1, 0.15) is 25.3 Å². The summed E-state index contributed by atoms with van der Waals surface area (Å²) in [7, 11) is -1.47. The van der Waals surface area contributed by atoms with Gasteiger partial charge in [-0.2, -0.15) is 11.8 Å². The Bertz CT molecular complexity index is 501. The lowest BCUT2D eigenvalue weighted by molar-refractivity contribution is 0.557. The molecule has 0 amide bonds. The van der Waals surface area contributed by atoms with E-state index in [2.05, 4.69) is 10.0 Å². The molecule has 0 radical (unpaired) electrons. The van der Waals surface area contributed by atoms with Crippen molar-refractivity contribution < 1.29 is 8.42 Å². The van der Waals surface area contributed by atoms with Crippen molar-refractivity contribution in [1.29, 1.82) is 0 Å². The van der Waals surface area contributed by atoms with Crippen molar-refractivity contribution in [2.24, 2.45) is 0 Å². The minimum Gasteiger partial charge on any atom is -0.320 e. The highest BCUT2D eigenvalue weighted by atomic mass is 32.2. The van der Waals surface area contributed by atoms with Gasteiger partial charge >= 0.3 is 0 Å². The average molecular weight is 331 g/mol. The monoisotopic (exact) mass is 330 g/mol. The third-order valence-corrected chi connectivity index (χ3v) is 5.49. The summed E-state index contributed by atoms with van der Waals surface area (Å²) in [6.45, 7) is 2.87. The van der Waals surface area contributed by atoms with Crippen molar-refractivity contribution in [3.63, 3.8) is 0 Å². The Morgan fingerprint density at radius 3 is 2.48 bits per heavy atom. The molecule has 6 heteroatoms. The Labute approximate surface area is 133 Å². The number of sulfonamides is 1. The maximum absolute atomic E-state index is 12.2. The fourth-order valence-corrected chi connectivity index (χ4v) is 3.86. The smallest absolute Gasteiger partial charge is 0.240 e. The predicted octanol–water partition coefficient (Wildman–Crippen LogP) is 2.26. The summed E-state index contributed by atoms with van der Waals surface area (Å²) < 4.78 is 27.2. The largest absolute Gasteiger partial charge is 0.320 e. The van der Waals surface area contributed by atoms with Crippen LogP contribution >= 0.6 is 11.8 Å². The lowest BCUT2D eigenvalue weighted by atomic mass is 10.1. The molecule has 0 aliphatic rings. The third-order valence-electron chi connectivity index (χ3n) is 3.24. The number of rotatable bonds is 10. The summed E-state index contributed by atoms with van der Waals surface area (Å²) in [6, 6.07) is 7.14. The molecular formula is C15H26N2O2S2. The van der Waals surface area contributed by atoms with Gasteiger partial charge in [0, 0.05) is 6.04 Å². The van der Waals surface area contributed by atoms with E-state index >= 15 is 0 Å². The second kappa shape index (κ2) is 9.46. The molecular weight excluding hydrogens is 304 g/mol. The second-order valence-corrected chi connectivity index (χ2v) is 7.85. The van der Waals surface area contributed by atoms with Crippen molar-refractivity contribution in [1.82, 2.24) is 10.0 Å². The Morgan fingerprint density at radius 2 is 1.90 bits per heavy atom. The van der Waals surface area contributed by atoms with Crippen LogP contribution in [0, 0.1) is 0 Å². The minimum atomic E-state index is -3.40. The van der Waals surface area contributed by atoms with E-state index in [1.54, 1.807) is 23.9 Å². The molecule has 0 spiro atoms. The van der Waals surface area contributed by atoms with E-state index in [1.165, 1.54) is 5.56 Å². The van der Waals surface area contributed by atoms with Crippen LogP contribution in [-0.4, -0.2) is 40.1 Å². The molecule has 1 atom stereocenters. The number of aryl methyl sites for hydroxylation is 1. The quantitative estimate of drug-likeness (QED) is 0.646. The SMILES string of the molecule is CNCCCc1ccc(S(=O)(=O)NC(C)CCSC)cc1. The van der Waals surface area contributed by atoms with Crippen LogP contribution in [-0.2, 0) is 16.4 Å². The first-order chi connectivity index (χ1) is 9.99. The normalized spacial score (nSPS) is 13.3. The zero-order valence-corrected chi connectivity index (χ0v) is 14.7. The summed E-state index contributed by atoms with van der Waals surface area (Å²) >= 11 is 1.72. The van der Waals surface area contributed by atoms with Gasteiger partial charge in [-0.3, -0.25) is 0 Å². The average Bonchev–Trinajstić information content (AvgIpc) is 2.45. The third kappa shape index (κ3) is 6.82. The molecule has 0 fully saturated rings. The molecule has 0 heterocycles. The van der Waals surface area contributed by atoms with E-state index in [9.17, 15) is 8.42 Å². The van der Waals surface area contributed by atoms with Gasteiger partial charge in [0.2, 0.25) is 10.0 Å². The van der Waals surface area contributed by atoms with E-state index in [0.29, 0.717) is 4.90 Å². The van der Waals surface area contributed by atoms with Gasteiger partial charge in [-0.15, -0.1) is 0 Å². The van der Waals surface area contributed by atoms with Gasteiger partial charge in [-0.05, 0) is 69.5 Å². The summed E-state index contributed by atoms with van der Waals surface area (Å²) in [6.07, 6.45) is 4.86. The van der Waals surface area contributed by atoms with E-state index in [-0.39, 0.29) is 6.04 Å². The van der Waals surface area contributed by atoms with Crippen LogP contribution < -0.4 is 10.0 Å². The lowest BCUT2D eigenvalue weighted by Gasteiger charge is -2.14. The highest BCUT2D eigenvalue weighted by molar-refractivity contribution is 7.98. The van der Waals surface area contributed by atoms with Gasteiger partial charge in [-0.1, -0.05) is 12.1 Å². The molecule has 21 heavy (non-hydrogen) atoms. The van der Waals surface area contributed by atoms with Crippen molar-refractivity contribution >= 4 is 21.8 Å². The molecule has 0 aromatic heterocycles. The topological polar surface area (TPSA) is 58.2 Å². The highest BCUT2D eigenvalue weighted by Crippen LogP contribution is 2.13. The van der Waals surface area contributed by atoms with Crippen molar-refractivity contribution in [2.75, 3.05) is 25.6 Å². The van der Waals surface area contributed by atoms with E-state index in [4.69, 9.17) is 0 Å². The molecule has 0 aliphatic carbocycles. The summed E-state index contributed by atoms with van der Waals surface area (Å²) in [5.74, 6) is 0.952. The number of thioether (sulfide) groups is 1. The molecule has 0 bridgehead atoms. The first-order valence-corrected chi connectivity index (χ1v) is 10.1. The van der Waals surface area contributed by atoms with Crippen LogP contribution in [0.15, 0.2) is 29.2 Å². The number of hydrogen-bond acceptors (Lipinski definition) is 4. The molecule has 1 unspecified atom stereocenters. The summed E-state index contributed by atoms with van der Waals surface area (Å²) in [5, 5.41) is 3.10. The van der Waals surface area contributed by atoms with Crippen LogP contribution in [0.2, 0.25) is 0 Å². The van der Waals surface area contributed by atoms with E-state index < -0.39 is 10.0 Å². The maximum Gasteiger partial charge on any atom is 0.240 e. The number of nitrogens with one attached hydrogen (secondary N) is 2. The number of benzene rings is 1. The Hall–Kier alpha value is -0.560. The summed E-state index contributed by atoms with van der Waals surface area (Å²) in [5.41, 5.74) is 1.17. The molecule has 2 N–H and O–H groups in total. The van der Waals surface area contributed by atoms with Gasteiger partial charge in [-0.25, -0.2) is 13.1 Å². The van der Waals surface area contributed by atoms with E-state index in [0.717, 1.165) is 31.6 Å². The fraction of sp³-hybridized carbons (Fsp3) is 0.600. The standard InChI is InChI=1S/C15H26N2O2S2/c1-13(10-12-20-3)17-21(18,19)15-8-6-14(7-9-15)5-4-11-16-2/h6-9,13,16-17H,4-5,10-12H2,1-3H3. The highest BCUT2D eigenvalue weighted by Gasteiger charge is 2.16. The van der Waals surface area contributed by atoms with Gasteiger partial charge in [0.05, 0.1) is 4.90 Å². The molecule has 0 aliphatic heterocycles. The molecule has 1 aromatic rings. The van der Waals surface area contributed by atoms with Crippen LogP contribution in [0.25, 0.3) is 0 Å². The van der Waals surface area contributed by atoms with Gasteiger partial charge in [0.25, 0.3) is 0 Å². The Kier molecular flexibility index (Phi) is 8.33. The molecule has 1 rings (SSSR count). The van der Waals surface area contributed by atoms with Crippen LogP contribution in [0.5, 0.6) is 0 Å². The van der Waals surface area contributed by atoms with Crippen molar-refractivity contribution in [3.8, 4) is 0 Å². The van der Waals surface area contributed by atoms with Crippen LogP contribution in [0.4, 0.5) is 0 Å². The molecule has 4 nitrogen and oxygen atoms in total. The van der Waals surface area contributed by atoms with Crippen molar-refractivity contribution in [3.05, 3.63) is 29.8 Å². The zero-order chi connectivity index (χ0) is 15.7. The minimum absolute atomic E-state index is 0.0437. The first kappa shape index (κ1) is 18.5. The molecule has 0 saturated carbocycles. The summed E-state index contributed by atoms with van der Waals surface area (Å²) in [4.78, 5) is 0.343. The predicted molar refractivity (Wildman–Crippen MR) is 91.5 cm³/mol. The second-order valence-electron chi connectivity index (χ2n) is 5.15. The lowest BCUT2D eigenvalue weighted by Crippen LogP contribution is -2.33. The molecule has 0 saturated heterocycles. The van der Waals surface area contributed by atoms with Gasteiger partial charge in [0.15, 0.2) is 0 Å². The maximum atomic E-state index is 12.2. The zero-order valence-electron chi connectivity index (χ0n) is 13.1. The Balaban J connectivity index is 2.62.